The first kappa shape index (κ1) is 16.3. The zero-order valence-corrected chi connectivity index (χ0v) is 14.1. The predicted octanol–water partition coefficient (Wildman–Crippen LogP) is 2.31. The molecular formula is C20H18N2O4. The molecule has 0 aliphatic carbocycles. The molecule has 4 rings (SSSR count). The Morgan fingerprint density at radius 3 is 2.42 bits per heavy atom. The second-order valence-corrected chi connectivity index (χ2v) is 6.35. The van der Waals surface area contributed by atoms with Crippen molar-refractivity contribution in [2.24, 2.45) is 0 Å². The van der Waals surface area contributed by atoms with Gasteiger partial charge in [-0.2, -0.15) is 0 Å². The minimum Gasteiger partial charge on any atom is -0.493 e. The Morgan fingerprint density at radius 1 is 1.04 bits per heavy atom. The van der Waals surface area contributed by atoms with Crippen molar-refractivity contribution in [1.29, 1.82) is 0 Å². The number of para-hydroxylation sites is 1. The van der Waals surface area contributed by atoms with Gasteiger partial charge in [0.05, 0.1) is 23.8 Å². The molecule has 3 amide bonds. The van der Waals surface area contributed by atoms with Gasteiger partial charge in [-0.15, -0.1) is 0 Å². The summed E-state index contributed by atoms with van der Waals surface area (Å²) in [4.78, 5) is 38.2. The van der Waals surface area contributed by atoms with Gasteiger partial charge in [0.25, 0.3) is 11.8 Å². The van der Waals surface area contributed by atoms with Crippen LogP contribution in [0.3, 0.4) is 0 Å². The molecule has 2 aromatic carbocycles. The second kappa shape index (κ2) is 6.63. The van der Waals surface area contributed by atoms with Gasteiger partial charge in [-0.3, -0.25) is 19.3 Å². The number of nitrogens with one attached hydrogen (secondary N) is 1. The van der Waals surface area contributed by atoms with Crippen LogP contribution >= 0.6 is 0 Å². The number of fused-ring (bicyclic) bond motifs is 2. The Morgan fingerprint density at radius 2 is 1.69 bits per heavy atom. The summed E-state index contributed by atoms with van der Waals surface area (Å²) < 4.78 is 5.59. The lowest BCUT2D eigenvalue weighted by Crippen LogP contribution is -2.36. The number of carbonyl (C=O) groups is 3. The van der Waals surface area contributed by atoms with Gasteiger partial charge in [0.1, 0.15) is 5.75 Å². The number of ether oxygens (including phenoxy) is 1. The summed E-state index contributed by atoms with van der Waals surface area (Å²) in [5.41, 5.74) is 1.75. The molecule has 0 bridgehead atoms. The molecule has 0 aromatic heterocycles. The van der Waals surface area contributed by atoms with Crippen LogP contribution < -0.4 is 10.1 Å². The van der Waals surface area contributed by atoms with Crippen LogP contribution in [0.1, 0.15) is 45.2 Å². The maximum absolute atomic E-state index is 12.4. The summed E-state index contributed by atoms with van der Waals surface area (Å²) in [6, 6.07) is 14.2. The highest BCUT2D eigenvalue weighted by atomic mass is 16.5. The van der Waals surface area contributed by atoms with E-state index in [9.17, 15) is 14.4 Å². The van der Waals surface area contributed by atoms with E-state index in [1.54, 1.807) is 24.3 Å². The third-order valence-electron chi connectivity index (χ3n) is 4.73. The fourth-order valence-electron chi connectivity index (χ4n) is 3.41. The van der Waals surface area contributed by atoms with Gasteiger partial charge in [0, 0.05) is 24.9 Å². The maximum atomic E-state index is 12.4. The van der Waals surface area contributed by atoms with Crippen molar-refractivity contribution < 1.29 is 19.1 Å². The smallest absolute Gasteiger partial charge is 0.261 e. The molecule has 0 saturated heterocycles. The number of rotatable bonds is 4. The second-order valence-electron chi connectivity index (χ2n) is 6.35. The fraction of sp³-hybridized carbons (Fsp3) is 0.250. The lowest BCUT2D eigenvalue weighted by Gasteiger charge is -2.26. The first-order valence-electron chi connectivity index (χ1n) is 8.61. The molecular weight excluding hydrogens is 332 g/mol. The number of hydrogen-bond donors (Lipinski definition) is 1. The topological polar surface area (TPSA) is 75.7 Å². The van der Waals surface area contributed by atoms with Crippen molar-refractivity contribution in [2.45, 2.75) is 18.9 Å². The summed E-state index contributed by atoms with van der Waals surface area (Å²) in [5.74, 6) is -0.0859. The molecule has 6 heteroatoms. The number of imide groups is 1. The third-order valence-corrected chi connectivity index (χ3v) is 4.73. The minimum absolute atomic E-state index is 0.0725. The molecule has 1 N–H and O–H groups in total. The zero-order valence-electron chi connectivity index (χ0n) is 14.1. The molecule has 2 aliphatic rings. The van der Waals surface area contributed by atoms with Crippen LogP contribution in [0.5, 0.6) is 5.75 Å². The normalized spacial score (nSPS) is 18.2. The van der Waals surface area contributed by atoms with E-state index in [1.807, 2.05) is 24.3 Å². The van der Waals surface area contributed by atoms with Gasteiger partial charge >= 0.3 is 0 Å². The van der Waals surface area contributed by atoms with E-state index in [0.717, 1.165) is 16.2 Å². The molecule has 0 spiro atoms. The number of amides is 3. The molecule has 2 heterocycles. The molecule has 0 fully saturated rings. The SMILES string of the molecule is O=C(CCN1C(=O)c2ccccc2C1=O)NC1CCOc2ccccc21. The standard InChI is InChI=1S/C20H18N2O4/c23-18(21-16-10-12-26-17-8-4-3-7-15(16)17)9-11-22-19(24)13-5-1-2-6-14(13)20(22)25/h1-8,16H,9-12H2,(H,21,23). The fourth-order valence-corrected chi connectivity index (χ4v) is 3.41. The van der Waals surface area contributed by atoms with Gasteiger partial charge in [-0.05, 0) is 18.2 Å². The lowest BCUT2D eigenvalue weighted by molar-refractivity contribution is -0.122. The maximum Gasteiger partial charge on any atom is 0.261 e. The van der Waals surface area contributed by atoms with Crippen LogP contribution in [-0.4, -0.2) is 35.8 Å². The Hall–Kier alpha value is -3.15. The first-order chi connectivity index (χ1) is 12.6. The Kier molecular flexibility index (Phi) is 4.16. The molecule has 1 atom stereocenters. The van der Waals surface area contributed by atoms with Gasteiger partial charge in [0.2, 0.25) is 5.91 Å². The highest BCUT2D eigenvalue weighted by Gasteiger charge is 2.35. The van der Waals surface area contributed by atoms with Crippen LogP contribution in [0, 0.1) is 0 Å². The predicted molar refractivity (Wildman–Crippen MR) is 93.9 cm³/mol. The summed E-state index contributed by atoms with van der Waals surface area (Å²) in [7, 11) is 0. The molecule has 6 nitrogen and oxygen atoms in total. The van der Waals surface area contributed by atoms with Crippen molar-refractivity contribution in [2.75, 3.05) is 13.2 Å². The first-order valence-corrected chi connectivity index (χ1v) is 8.61. The molecule has 1 unspecified atom stereocenters. The molecule has 0 radical (unpaired) electrons. The Balaban J connectivity index is 1.39. The van der Waals surface area contributed by atoms with Crippen molar-refractivity contribution in [1.82, 2.24) is 10.2 Å². The number of benzene rings is 2. The molecule has 26 heavy (non-hydrogen) atoms. The van der Waals surface area contributed by atoms with Crippen LogP contribution in [0.2, 0.25) is 0 Å². The van der Waals surface area contributed by atoms with Crippen LogP contribution in [0.25, 0.3) is 0 Å². The molecule has 2 aromatic rings. The monoisotopic (exact) mass is 350 g/mol. The van der Waals surface area contributed by atoms with E-state index in [2.05, 4.69) is 5.32 Å². The quantitative estimate of drug-likeness (QED) is 0.859. The number of hydrogen-bond acceptors (Lipinski definition) is 4. The highest BCUT2D eigenvalue weighted by molar-refractivity contribution is 6.21. The van der Waals surface area contributed by atoms with E-state index in [4.69, 9.17) is 4.74 Å². The number of carbonyl (C=O) groups excluding carboxylic acids is 3. The number of nitrogens with zero attached hydrogens (tertiary/aromatic N) is 1. The summed E-state index contributed by atoms with van der Waals surface area (Å²) >= 11 is 0. The van der Waals surface area contributed by atoms with Gasteiger partial charge in [0.15, 0.2) is 0 Å². The van der Waals surface area contributed by atoms with Crippen LogP contribution in [0.4, 0.5) is 0 Å². The van der Waals surface area contributed by atoms with E-state index >= 15 is 0 Å². The molecule has 132 valence electrons. The van der Waals surface area contributed by atoms with E-state index in [0.29, 0.717) is 24.2 Å². The zero-order chi connectivity index (χ0) is 18.1. The van der Waals surface area contributed by atoms with Crippen molar-refractivity contribution in [3.63, 3.8) is 0 Å². The van der Waals surface area contributed by atoms with Gasteiger partial charge in [-0.25, -0.2) is 0 Å². The summed E-state index contributed by atoms with van der Waals surface area (Å²) in [5, 5.41) is 2.98. The largest absolute Gasteiger partial charge is 0.493 e. The summed E-state index contributed by atoms with van der Waals surface area (Å²) in [6.45, 7) is 0.614. The van der Waals surface area contributed by atoms with Crippen molar-refractivity contribution in [3.05, 3.63) is 65.2 Å². The lowest BCUT2D eigenvalue weighted by atomic mass is 10.0. The Labute approximate surface area is 150 Å². The van der Waals surface area contributed by atoms with Crippen LogP contribution in [0.15, 0.2) is 48.5 Å². The average molecular weight is 350 g/mol. The highest BCUT2D eigenvalue weighted by Crippen LogP contribution is 2.31. The minimum atomic E-state index is -0.338. The van der Waals surface area contributed by atoms with E-state index in [1.165, 1.54) is 0 Å². The average Bonchev–Trinajstić information content (AvgIpc) is 2.91. The van der Waals surface area contributed by atoms with Crippen molar-refractivity contribution >= 4 is 17.7 Å². The molecule has 0 saturated carbocycles. The molecule has 2 aliphatic heterocycles. The van der Waals surface area contributed by atoms with Crippen molar-refractivity contribution in [3.8, 4) is 5.75 Å². The van der Waals surface area contributed by atoms with E-state index < -0.39 is 0 Å². The Bertz CT molecular complexity index is 858. The van der Waals surface area contributed by atoms with Crippen LogP contribution in [-0.2, 0) is 4.79 Å². The summed E-state index contributed by atoms with van der Waals surface area (Å²) in [6.07, 6.45) is 0.765. The third kappa shape index (κ3) is 2.83. The van der Waals surface area contributed by atoms with Gasteiger partial charge in [-0.1, -0.05) is 30.3 Å². The van der Waals surface area contributed by atoms with E-state index in [-0.39, 0.29) is 36.7 Å². The van der Waals surface area contributed by atoms with Gasteiger partial charge < -0.3 is 10.1 Å².